The van der Waals surface area contributed by atoms with E-state index in [0.717, 1.165) is 19.5 Å². The summed E-state index contributed by atoms with van der Waals surface area (Å²) in [5.41, 5.74) is 0.710. The molecule has 1 aromatic heterocycles. The highest BCUT2D eigenvalue weighted by molar-refractivity contribution is 5.78. The van der Waals surface area contributed by atoms with Crippen LogP contribution >= 0.6 is 0 Å². The molecule has 0 atom stereocenters. The minimum atomic E-state index is -0.309. The van der Waals surface area contributed by atoms with E-state index in [1.807, 2.05) is 11.8 Å². The molecule has 0 radical (unpaired) electrons. The highest BCUT2D eigenvalue weighted by Crippen LogP contribution is 2.10. The van der Waals surface area contributed by atoms with E-state index >= 15 is 0 Å². The van der Waals surface area contributed by atoms with Gasteiger partial charge in [0.1, 0.15) is 5.82 Å². The number of piperazine rings is 1. The molecule has 0 saturated carbocycles. The molecule has 0 spiro atoms. The minimum Gasteiger partial charge on any atom is -0.340 e. The SMILES string of the molecule is CCc1nc(CN2CCN(C(=O)Cc3cccc(F)c3)CC2)no1. The van der Waals surface area contributed by atoms with E-state index in [4.69, 9.17) is 4.52 Å². The summed E-state index contributed by atoms with van der Waals surface area (Å²) in [4.78, 5) is 20.7. The Balaban J connectivity index is 1.48. The van der Waals surface area contributed by atoms with Crippen LogP contribution in [0.5, 0.6) is 0 Å². The van der Waals surface area contributed by atoms with Gasteiger partial charge >= 0.3 is 0 Å². The predicted molar refractivity (Wildman–Crippen MR) is 85.6 cm³/mol. The zero-order chi connectivity index (χ0) is 16.9. The average molecular weight is 332 g/mol. The lowest BCUT2D eigenvalue weighted by Gasteiger charge is -2.34. The summed E-state index contributed by atoms with van der Waals surface area (Å²) in [6.07, 6.45) is 0.970. The molecular formula is C17H21FN4O2. The fraction of sp³-hybridized carbons (Fsp3) is 0.471. The third kappa shape index (κ3) is 4.17. The Morgan fingerprint density at radius 1 is 1.29 bits per heavy atom. The molecule has 1 fully saturated rings. The summed E-state index contributed by atoms with van der Waals surface area (Å²) < 4.78 is 18.3. The van der Waals surface area contributed by atoms with Gasteiger partial charge in [-0.15, -0.1) is 0 Å². The van der Waals surface area contributed by atoms with Crippen molar-refractivity contribution in [2.45, 2.75) is 26.3 Å². The van der Waals surface area contributed by atoms with Gasteiger partial charge in [-0.3, -0.25) is 9.69 Å². The van der Waals surface area contributed by atoms with Crippen LogP contribution < -0.4 is 0 Å². The molecule has 0 N–H and O–H groups in total. The summed E-state index contributed by atoms with van der Waals surface area (Å²) in [6, 6.07) is 6.20. The van der Waals surface area contributed by atoms with Gasteiger partial charge in [0, 0.05) is 32.6 Å². The second-order valence-electron chi connectivity index (χ2n) is 5.92. The first kappa shape index (κ1) is 16.6. The number of halogens is 1. The molecule has 2 heterocycles. The zero-order valence-corrected chi connectivity index (χ0v) is 13.7. The third-order valence-corrected chi connectivity index (χ3v) is 4.15. The Morgan fingerprint density at radius 2 is 2.08 bits per heavy atom. The maximum absolute atomic E-state index is 13.2. The van der Waals surface area contributed by atoms with Gasteiger partial charge in [-0.25, -0.2) is 4.39 Å². The van der Waals surface area contributed by atoms with Crippen LogP contribution in [0.25, 0.3) is 0 Å². The number of rotatable bonds is 5. The predicted octanol–water partition coefficient (Wildman–Crippen LogP) is 1.66. The summed E-state index contributed by atoms with van der Waals surface area (Å²) >= 11 is 0. The van der Waals surface area contributed by atoms with E-state index in [9.17, 15) is 9.18 Å². The standard InChI is InChI=1S/C17H21FN4O2/c1-2-16-19-15(20-24-16)12-21-6-8-22(9-7-21)17(23)11-13-4-3-5-14(18)10-13/h3-5,10H,2,6-9,11-12H2,1H3. The van der Waals surface area contributed by atoms with Crippen LogP contribution in [0.4, 0.5) is 4.39 Å². The lowest BCUT2D eigenvalue weighted by Crippen LogP contribution is -2.48. The molecule has 0 aliphatic carbocycles. The molecule has 6 nitrogen and oxygen atoms in total. The topological polar surface area (TPSA) is 62.5 Å². The van der Waals surface area contributed by atoms with E-state index in [1.165, 1.54) is 12.1 Å². The van der Waals surface area contributed by atoms with Crippen LogP contribution in [0.2, 0.25) is 0 Å². The Hall–Kier alpha value is -2.28. The van der Waals surface area contributed by atoms with Crippen LogP contribution in [0.3, 0.4) is 0 Å². The van der Waals surface area contributed by atoms with Crippen molar-refractivity contribution in [3.63, 3.8) is 0 Å². The number of hydrogen-bond donors (Lipinski definition) is 0. The molecular weight excluding hydrogens is 311 g/mol. The molecule has 1 aliphatic heterocycles. The Morgan fingerprint density at radius 3 is 2.75 bits per heavy atom. The van der Waals surface area contributed by atoms with Gasteiger partial charge < -0.3 is 9.42 Å². The summed E-state index contributed by atoms with van der Waals surface area (Å²) in [5.74, 6) is 1.06. The van der Waals surface area contributed by atoms with E-state index in [1.54, 1.807) is 12.1 Å². The van der Waals surface area contributed by atoms with Gasteiger partial charge in [0.2, 0.25) is 11.8 Å². The van der Waals surface area contributed by atoms with Gasteiger partial charge in [0.05, 0.1) is 13.0 Å². The molecule has 1 saturated heterocycles. The Kier molecular flexibility index (Phi) is 5.20. The van der Waals surface area contributed by atoms with Gasteiger partial charge in [0.15, 0.2) is 5.82 Å². The van der Waals surface area contributed by atoms with Crippen molar-refractivity contribution >= 4 is 5.91 Å². The molecule has 128 valence electrons. The van der Waals surface area contributed by atoms with Gasteiger partial charge in [-0.2, -0.15) is 4.98 Å². The zero-order valence-electron chi connectivity index (χ0n) is 13.7. The van der Waals surface area contributed by atoms with Crippen molar-refractivity contribution in [1.29, 1.82) is 0 Å². The van der Waals surface area contributed by atoms with E-state index in [-0.39, 0.29) is 18.1 Å². The van der Waals surface area contributed by atoms with Crippen molar-refractivity contribution in [1.82, 2.24) is 19.9 Å². The Bertz CT molecular complexity index is 695. The molecule has 24 heavy (non-hydrogen) atoms. The largest absolute Gasteiger partial charge is 0.340 e. The van der Waals surface area contributed by atoms with Gasteiger partial charge in [0.25, 0.3) is 0 Å². The highest BCUT2D eigenvalue weighted by atomic mass is 19.1. The highest BCUT2D eigenvalue weighted by Gasteiger charge is 2.22. The van der Waals surface area contributed by atoms with Crippen molar-refractivity contribution in [2.75, 3.05) is 26.2 Å². The smallest absolute Gasteiger partial charge is 0.227 e. The van der Waals surface area contributed by atoms with E-state index in [0.29, 0.717) is 36.9 Å². The first-order chi connectivity index (χ1) is 11.6. The van der Waals surface area contributed by atoms with Gasteiger partial charge in [-0.1, -0.05) is 24.2 Å². The molecule has 2 aromatic rings. The summed E-state index contributed by atoms with van der Waals surface area (Å²) in [5, 5.41) is 3.96. The average Bonchev–Trinajstić information content (AvgIpc) is 3.03. The fourth-order valence-corrected chi connectivity index (χ4v) is 2.79. The van der Waals surface area contributed by atoms with Crippen LogP contribution in [0, 0.1) is 5.82 Å². The maximum Gasteiger partial charge on any atom is 0.227 e. The van der Waals surface area contributed by atoms with Crippen LogP contribution in [0.1, 0.15) is 24.2 Å². The number of hydrogen-bond acceptors (Lipinski definition) is 5. The van der Waals surface area contributed by atoms with E-state index in [2.05, 4.69) is 15.0 Å². The van der Waals surface area contributed by atoms with Crippen molar-refractivity contribution in [3.8, 4) is 0 Å². The summed E-state index contributed by atoms with van der Waals surface area (Å²) in [7, 11) is 0. The number of carbonyl (C=O) groups excluding carboxylic acids is 1. The fourth-order valence-electron chi connectivity index (χ4n) is 2.79. The van der Waals surface area contributed by atoms with Crippen molar-refractivity contribution in [3.05, 3.63) is 47.4 Å². The van der Waals surface area contributed by atoms with Crippen LogP contribution in [-0.2, 0) is 24.2 Å². The van der Waals surface area contributed by atoms with Crippen LogP contribution in [-0.4, -0.2) is 52.0 Å². The number of nitrogens with zero attached hydrogens (tertiary/aromatic N) is 4. The number of aryl methyl sites for hydroxylation is 1. The molecule has 1 aromatic carbocycles. The second-order valence-corrected chi connectivity index (χ2v) is 5.92. The number of amides is 1. The normalized spacial score (nSPS) is 15.7. The number of carbonyl (C=O) groups is 1. The number of aromatic nitrogens is 2. The first-order valence-corrected chi connectivity index (χ1v) is 8.20. The van der Waals surface area contributed by atoms with E-state index < -0.39 is 0 Å². The molecule has 3 rings (SSSR count). The molecule has 1 aliphatic rings. The van der Waals surface area contributed by atoms with Gasteiger partial charge in [-0.05, 0) is 17.7 Å². The molecule has 1 amide bonds. The lowest BCUT2D eigenvalue weighted by atomic mass is 10.1. The Labute approximate surface area is 140 Å². The van der Waals surface area contributed by atoms with Crippen LogP contribution in [0.15, 0.2) is 28.8 Å². The third-order valence-electron chi connectivity index (χ3n) is 4.15. The second kappa shape index (κ2) is 7.53. The molecule has 7 heteroatoms. The maximum atomic E-state index is 13.2. The molecule has 0 bridgehead atoms. The lowest BCUT2D eigenvalue weighted by molar-refractivity contribution is -0.132. The molecule has 0 unspecified atom stereocenters. The number of benzene rings is 1. The van der Waals surface area contributed by atoms with Crippen molar-refractivity contribution in [2.24, 2.45) is 0 Å². The quantitative estimate of drug-likeness (QED) is 0.833. The first-order valence-electron chi connectivity index (χ1n) is 8.20. The van der Waals surface area contributed by atoms with Crippen molar-refractivity contribution < 1.29 is 13.7 Å². The minimum absolute atomic E-state index is 0.0353. The monoisotopic (exact) mass is 332 g/mol. The summed E-state index contributed by atoms with van der Waals surface area (Å²) in [6.45, 7) is 5.46.